The lowest BCUT2D eigenvalue weighted by molar-refractivity contribution is -0.129. The summed E-state index contributed by atoms with van der Waals surface area (Å²) in [6.07, 6.45) is 1.85. The summed E-state index contributed by atoms with van der Waals surface area (Å²) >= 11 is 0. The Hall–Kier alpha value is -0.610. The van der Waals surface area contributed by atoms with Gasteiger partial charge < -0.3 is 15.8 Å². The summed E-state index contributed by atoms with van der Waals surface area (Å²) in [5.74, 6) is 0.0436. The highest BCUT2D eigenvalue weighted by atomic mass is 16.5. The third-order valence-electron chi connectivity index (χ3n) is 2.84. The number of carbonyl (C=O) groups excluding carboxylic acids is 1. The van der Waals surface area contributed by atoms with Gasteiger partial charge >= 0.3 is 0 Å². The van der Waals surface area contributed by atoms with Gasteiger partial charge in [0.2, 0.25) is 5.91 Å². The molecule has 1 atom stereocenters. The van der Waals surface area contributed by atoms with Crippen molar-refractivity contribution in [1.29, 1.82) is 0 Å². The molecular weight excluding hydrogens is 204 g/mol. The van der Waals surface area contributed by atoms with E-state index in [1.165, 1.54) is 0 Å². The van der Waals surface area contributed by atoms with Gasteiger partial charge in [0.25, 0.3) is 0 Å². The number of ether oxygens (including phenoxy) is 1. The zero-order valence-electron chi connectivity index (χ0n) is 11.0. The Morgan fingerprint density at radius 2 is 2.12 bits per heavy atom. The highest BCUT2D eigenvalue weighted by Crippen LogP contribution is 2.18. The van der Waals surface area contributed by atoms with Crippen molar-refractivity contribution in [3.05, 3.63) is 0 Å². The Labute approximate surface area is 98.9 Å². The first-order chi connectivity index (χ1) is 7.46. The summed E-state index contributed by atoms with van der Waals surface area (Å²) in [6.45, 7) is 9.60. The van der Waals surface area contributed by atoms with Gasteiger partial charge in [0.15, 0.2) is 0 Å². The second-order valence-corrected chi connectivity index (χ2v) is 4.65. The standard InChI is InChI=1S/C12H26N2O2/c1-5-12(4,9-13)11(15)14-7-6-8-16-10(2)3/h10H,5-9,13H2,1-4H3,(H,14,15). The molecule has 0 aliphatic heterocycles. The van der Waals surface area contributed by atoms with E-state index < -0.39 is 5.41 Å². The van der Waals surface area contributed by atoms with Crippen molar-refractivity contribution >= 4 is 5.91 Å². The molecule has 0 saturated carbocycles. The summed E-state index contributed by atoms with van der Waals surface area (Å²) in [6, 6.07) is 0. The number of carbonyl (C=O) groups is 1. The summed E-state index contributed by atoms with van der Waals surface area (Å²) in [5.41, 5.74) is 5.17. The van der Waals surface area contributed by atoms with Crippen LogP contribution in [0.4, 0.5) is 0 Å². The fraction of sp³-hybridized carbons (Fsp3) is 0.917. The van der Waals surface area contributed by atoms with Gasteiger partial charge in [-0.25, -0.2) is 0 Å². The molecule has 1 amide bonds. The van der Waals surface area contributed by atoms with Gasteiger partial charge in [-0.05, 0) is 33.6 Å². The zero-order chi connectivity index (χ0) is 12.6. The normalized spacial score (nSPS) is 14.9. The maximum absolute atomic E-state index is 11.8. The molecule has 0 radical (unpaired) electrons. The topological polar surface area (TPSA) is 64.4 Å². The van der Waals surface area contributed by atoms with Crippen molar-refractivity contribution < 1.29 is 9.53 Å². The SMILES string of the molecule is CCC(C)(CN)C(=O)NCCCOC(C)C. The van der Waals surface area contributed by atoms with Crippen LogP contribution in [0.1, 0.15) is 40.5 Å². The van der Waals surface area contributed by atoms with Crippen LogP contribution in [-0.4, -0.2) is 31.7 Å². The van der Waals surface area contributed by atoms with Crippen LogP contribution in [0, 0.1) is 5.41 Å². The lowest BCUT2D eigenvalue weighted by atomic mass is 9.87. The van der Waals surface area contributed by atoms with E-state index in [-0.39, 0.29) is 12.0 Å². The number of rotatable bonds is 8. The molecule has 0 aliphatic carbocycles. The summed E-state index contributed by atoms with van der Waals surface area (Å²) in [5, 5.41) is 2.90. The van der Waals surface area contributed by atoms with E-state index in [9.17, 15) is 4.79 Å². The van der Waals surface area contributed by atoms with Crippen LogP contribution >= 0.6 is 0 Å². The van der Waals surface area contributed by atoms with E-state index in [1.807, 2.05) is 27.7 Å². The average molecular weight is 230 g/mol. The van der Waals surface area contributed by atoms with Crippen LogP contribution in [0.5, 0.6) is 0 Å². The summed E-state index contributed by atoms with van der Waals surface area (Å²) in [4.78, 5) is 11.8. The lowest BCUT2D eigenvalue weighted by Crippen LogP contribution is -2.43. The van der Waals surface area contributed by atoms with E-state index in [4.69, 9.17) is 10.5 Å². The number of nitrogens with two attached hydrogens (primary N) is 1. The smallest absolute Gasteiger partial charge is 0.227 e. The minimum Gasteiger partial charge on any atom is -0.379 e. The Kier molecular flexibility index (Phi) is 7.34. The summed E-state index contributed by atoms with van der Waals surface area (Å²) in [7, 11) is 0. The Morgan fingerprint density at radius 3 is 2.56 bits per heavy atom. The van der Waals surface area contributed by atoms with E-state index in [0.29, 0.717) is 19.7 Å². The predicted octanol–water partition coefficient (Wildman–Crippen LogP) is 1.29. The first-order valence-corrected chi connectivity index (χ1v) is 6.06. The summed E-state index contributed by atoms with van der Waals surface area (Å²) < 4.78 is 5.39. The van der Waals surface area contributed by atoms with Gasteiger partial charge in [0.05, 0.1) is 11.5 Å². The molecule has 0 saturated heterocycles. The highest BCUT2D eigenvalue weighted by Gasteiger charge is 2.28. The molecule has 0 heterocycles. The average Bonchev–Trinajstić information content (AvgIpc) is 2.26. The van der Waals surface area contributed by atoms with Crippen molar-refractivity contribution in [3.63, 3.8) is 0 Å². The van der Waals surface area contributed by atoms with Gasteiger partial charge in [0, 0.05) is 19.7 Å². The largest absolute Gasteiger partial charge is 0.379 e. The number of hydrogen-bond acceptors (Lipinski definition) is 3. The molecule has 0 aromatic heterocycles. The fourth-order valence-electron chi connectivity index (χ4n) is 1.20. The van der Waals surface area contributed by atoms with Crippen molar-refractivity contribution in [2.75, 3.05) is 19.7 Å². The molecule has 4 nitrogen and oxygen atoms in total. The van der Waals surface area contributed by atoms with Crippen molar-refractivity contribution in [1.82, 2.24) is 5.32 Å². The van der Waals surface area contributed by atoms with Gasteiger partial charge in [-0.2, -0.15) is 0 Å². The quantitative estimate of drug-likeness (QED) is 0.618. The van der Waals surface area contributed by atoms with E-state index in [0.717, 1.165) is 12.8 Å². The highest BCUT2D eigenvalue weighted by molar-refractivity contribution is 5.82. The predicted molar refractivity (Wildman–Crippen MR) is 66.2 cm³/mol. The molecule has 16 heavy (non-hydrogen) atoms. The third kappa shape index (κ3) is 5.47. The third-order valence-corrected chi connectivity index (χ3v) is 2.84. The number of nitrogens with one attached hydrogen (secondary N) is 1. The first-order valence-electron chi connectivity index (χ1n) is 6.06. The maximum atomic E-state index is 11.8. The molecule has 4 heteroatoms. The fourth-order valence-corrected chi connectivity index (χ4v) is 1.20. The van der Waals surface area contributed by atoms with Crippen LogP contribution < -0.4 is 11.1 Å². The Bertz CT molecular complexity index is 201. The van der Waals surface area contributed by atoms with Crippen molar-refractivity contribution in [2.24, 2.45) is 11.1 Å². The second-order valence-electron chi connectivity index (χ2n) is 4.65. The maximum Gasteiger partial charge on any atom is 0.227 e. The van der Waals surface area contributed by atoms with Crippen LogP contribution in [0.15, 0.2) is 0 Å². The Balaban J connectivity index is 3.73. The molecule has 0 fully saturated rings. The molecule has 0 aliphatic rings. The molecule has 96 valence electrons. The van der Waals surface area contributed by atoms with E-state index in [2.05, 4.69) is 5.32 Å². The number of hydrogen-bond donors (Lipinski definition) is 2. The van der Waals surface area contributed by atoms with Crippen LogP contribution in [-0.2, 0) is 9.53 Å². The molecule has 0 aromatic carbocycles. The van der Waals surface area contributed by atoms with Gasteiger partial charge in [-0.15, -0.1) is 0 Å². The van der Waals surface area contributed by atoms with Gasteiger partial charge in [0.1, 0.15) is 0 Å². The monoisotopic (exact) mass is 230 g/mol. The van der Waals surface area contributed by atoms with Crippen LogP contribution in [0.25, 0.3) is 0 Å². The van der Waals surface area contributed by atoms with Gasteiger partial charge in [-0.3, -0.25) is 4.79 Å². The zero-order valence-corrected chi connectivity index (χ0v) is 11.0. The molecule has 1 unspecified atom stereocenters. The molecule has 3 N–H and O–H groups in total. The molecular formula is C12H26N2O2. The number of amides is 1. The van der Waals surface area contributed by atoms with Crippen LogP contribution in [0.3, 0.4) is 0 Å². The lowest BCUT2D eigenvalue weighted by Gasteiger charge is -2.24. The molecule has 0 aromatic rings. The van der Waals surface area contributed by atoms with E-state index in [1.54, 1.807) is 0 Å². The minimum atomic E-state index is -0.432. The molecule has 0 bridgehead atoms. The van der Waals surface area contributed by atoms with E-state index >= 15 is 0 Å². The van der Waals surface area contributed by atoms with Crippen molar-refractivity contribution in [2.45, 2.75) is 46.6 Å². The van der Waals surface area contributed by atoms with Crippen molar-refractivity contribution in [3.8, 4) is 0 Å². The molecule has 0 spiro atoms. The molecule has 0 rings (SSSR count). The van der Waals surface area contributed by atoms with Gasteiger partial charge in [-0.1, -0.05) is 6.92 Å². The minimum absolute atomic E-state index is 0.0436. The van der Waals surface area contributed by atoms with Crippen LogP contribution in [0.2, 0.25) is 0 Å². The Morgan fingerprint density at radius 1 is 1.50 bits per heavy atom. The first kappa shape index (κ1) is 15.4. The second kappa shape index (κ2) is 7.63.